The molecule has 1 aliphatic rings. The highest BCUT2D eigenvalue weighted by Gasteiger charge is 2.30. The SMILES string of the molecule is COc1cc2c(c(OC)c1OC)-c1ccc(NC(CCSC)C(=O)NCc3ccncc3)c(=O)cc1C(NC(C)=O)CC2. The van der Waals surface area contributed by atoms with Crippen LogP contribution >= 0.6 is 11.8 Å². The van der Waals surface area contributed by atoms with Gasteiger partial charge in [0.15, 0.2) is 11.5 Å². The zero-order valence-corrected chi connectivity index (χ0v) is 25.9. The molecule has 0 aliphatic heterocycles. The molecule has 1 aliphatic carbocycles. The number of methoxy groups -OCH3 is 3. The highest BCUT2D eigenvalue weighted by Crippen LogP contribution is 2.50. The summed E-state index contributed by atoms with van der Waals surface area (Å²) in [7, 11) is 4.67. The number of anilines is 1. The molecule has 11 heteroatoms. The molecule has 1 aromatic heterocycles. The van der Waals surface area contributed by atoms with Gasteiger partial charge in [-0.25, -0.2) is 0 Å². The van der Waals surface area contributed by atoms with Crippen molar-refractivity contribution in [2.45, 2.75) is 44.8 Å². The van der Waals surface area contributed by atoms with Crippen molar-refractivity contribution in [3.05, 3.63) is 75.7 Å². The number of fused-ring (bicyclic) bond motifs is 3. The number of pyridine rings is 1. The van der Waals surface area contributed by atoms with Crippen molar-refractivity contribution in [3.8, 4) is 28.4 Å². The number of aromatic nitrogens is 1. The van der Waals surface area contributed by atoms with Crippen molar-refractivity contribution < 1.29 is 23.8 Å². The molecule has 0 fully saturated rings. The maximum absolute atomic E-state index is 13.7. The molecule has 1 heterocycles. The second-order valence-electron chi connectivity index (χ2n) is 10.1. The average molecular weight is 607 g/mol. The van der Waals surface area contributed by atoms with E-state index in [1.165, 1.54) is 6.92 Å². The van der Waals surface area contributed by atoms with E-state index in [0.29, 0.717) is 48.6 Å². The van der Waals surface area contributed by atoms with Gasteiger partial charge in [0.25, 0.3) is 0 Å². The van der Waals surface area contributed by atoms with E-state index < -0.39 is 12.1 Å². The van der Waals surface area contributed by atoms with E-state index in [1.54, 1.807) is 57.6 Å². The van der Waals surface area contributed by atoms with E-state index >= 15 is 0 Å². The fraction of sp³-hybridized carbons (Fsp3) is 0.375. The molecule has 0 saturated heterocycles. The number of thioether (sulfide) groups is 1. The highest BCUT2D eigenvalue weighted by atomic mass is 32.2. The van der Waals surface area contributed by atoms with Gasteiger partial charge in [-0.1, -0.05) is 6.07 Å². The Morgan fingerprint density at radius 1 is 1.05 bits per heavy atom. The number of rotatable bonds is 12. The number of benzene rings is 1. The van der Waals surface area contributed by atoms with Gasteiger partial charge >= 0.3 is 0 Å². The molecule has 0 radical (unpaired) electrons. The third-order valence-electron chi connectivity index (χ3n) is 7.39. The van der Waals surface area contributed by atoms with Crippen LogP contribution in [0, 0.1) is 0 Å². The lowest BCUT2D eigenvalue weighted by Gasteiger charge is -2.19. The molecule has 43 heavy (non-hydrogen) atoms. The second-order valence-corrected chi connectivity index (χ2v) is 11.1. The van der Waals surface area contributed by atoms with Crippen LogP contribution in [0.1, 0.15) is 42.5 Å². The lowest BCUT2D eigenvalue weighted by Crippen LogP contribution is -2.40. The molecule has 10 nitrogen and oxygen atoms in total. The maximum atomic E-state index is 13.7. The minimum absolute atomic E-state index is 0.204. The van der Waals surface area contributed by atoms with Crippen LogP contribution in [0.3, 0.4) is 0 Å². The predicted octanol–water partition coefficient (Wildman–Crippen LogP) is 4.11. The zero-order valence-electron chi connectivity index (χ0n) is 25.1. The van der Waals surface area contributed by atoms with Crippen LogP contribution in [0.5, 0.6) is 17.2 Å². The number of aryl methyl sites for hydroxylation is 1. The van der Waals surface area contributed by atoms with Gasteiger partial charge in [-0.05, 0) is 83.9 Å². The first-order valence-electron chi connectivity index (χ1n) is 14.0. The number of amides is 2. The van der Waals surface area contributed by atoms with Gasteiger partial charge in [-0.15, -0.1) is 0 Å². The molecule has 228 valence electrons. The number of ether oxygens (including phenoxy) is 3. The minimum Gasteiger partial charge on any atom is -0.493 e. The number of hydrogen-bond acceptors (Lipinski definition) is 9. The fourth-order valence-corrected chi connectivity index (χ4v) is 5.80. The largest absolute Gasteiger partial charge is 0.493 e. The Hall–Kier alpha value is -4.25. The van der Waals surface area contributed by atoms with Crippen LogP contribution in [0.15, 0.2) is 53.6 Å². The topological polar surface area (TPSA) is 128 Å². The molecule has 2 amide bonds. The average Bonchev–Trinajstić information content (AvgIpc) is 3.25. The van der Waals surface area contributed by atoms with E-state index in [-0.39, 0.29) is 22.9 Å². The van der Waals surface area contributed by atoms with Crippen molar-refractivity contribution in [1.82, 2.24) is 15.6 Å². The van der Waals surface area contributed by atoms with Crippen molar-refractivity contribution in [3.63, 3.8) is 0 Å². The summed E-state index contributed by atoms with van der Waals surface area (Å²) in [6.07, 6.45) is 7.00. The Labute approximate surface area is 255 Å². The molecular formula is C32H38N4O6S. The maximum Gasteiger partial charge on any atom is 0.242 e. The summed E-state index contributed by atoms with van der Waals surface area (Å²) in [5.41, 5.74) is 3.98. The molecule has 0 saturated carbocycles. The smallest absolute Gasteiger partial charge is 0.242 e. The Balaban J connectivity index is 1.80. The molecule has 4 rings (SSSR count). The van der Waals surface area contributed by atoms with E-state index in [1.807, 2.05) is 30.5 Å². The van der Waals surface area contributed by atoms with Crippen molar-refractivity contribution in [2.24, 2.45) is 0 Å². The van der Waals surface area contributed by atoms with E-state index in [2.05, 4.69) is 20.9 Å². The third kappa shape index (κ3) is 7.40. The Morgan fingerprint density at radius 2 is 1.79 bits per heavy atom. The summed E-state index contributed by atoms with van der Waals surface area (Å²) in [6, 6.07) is 9.61. The number of carbonyl (C=O) groups is 2. The van der Waals surface area contributed by atoms with Gasteiger partial charge in [0, 0.05) is 31.4 Å². The molecule has 3 aromatic rings. The lowest BCUT2D eigenvalue weighted by molar-refractivity contribution is -0.122. The summed E-state index contributed by atoms with van der Waals surface area (Å²) < 4.78 is 17.1. The van der Waals surface area contributed by atoms with Gasteiger partial charge < -0.3 is 30.2 Å². The summed E-state index contributed by atoms with van der Waals surface area (Å²) in [5, 5.41) is 9.20. The minimum atomic E-state index is -0.637. The number of hydrogen-bond donors (Lipinski definition) is 3. The van der Waals surface area contributed by atoms with Gasteiger partial charge in [0.2, 0.25) is 23.0 Å². The first-order valence-corrected chi connectivity index (χ1v) is 15.4. The predicted molar refractivity (Wildman–Crippen MR) is 169 cm³/mol. The van der Waals surface area contributed by atoms with Crippen LogP contribution in [0.4, 0.5) is 5.69 Å². The van der Waals surface area contributed by atoms with E-state index in [9.17, 15) is 14.4 Å². The number of nitrogens with one attached hydrogen (secondary N) is 3. The van der Waals surface area contributed by atoms with Crippen LogP contribution in [0.2, 0.25) is 0 Å². The van der Waals surface area contributed by atoms with Gasteiger partial charge in [-0.2, -0.15) is 11.8 Å². The van der Waals surface area contributed by atoms with E-state index in [0.717, 1.165) is 28.0 Å². The molecule has 2 atom stereocenters. The molecule has 2 aromatic carbocycles. The zero-order chi connectivity index (χ0) is 30.9. The van der Waals surface area contributed by atoms with Gasteiger partial charge in [-0.3, -0.25) is 19.4 Å². The Bertz CT molecular complexity index is 1520. The Kier molecular flexibility index (Phi) is 10.9. The van der Waals surface area contributed by atoms with Crippen LogP contribution < -0.4 is 35.6 Å². The highest BCUT2D eigenvalue weighted by molar-refractivity contribution is 7.98. The summed E-state index contributed by atoms with van der Waals surface area (Å²) in [4.78, 5) is 43.3. The van der Waals surface area contributed by atoms with Crippen molar-refractivity contribution in [1.29, 1.82) is 0 Å². The van der Waals surface area contributed by atoms with Crippen LogP contribution in [-0.2, 0) is 22.6 Å². The first kappa shape index (κ1) is 31.7. The molecule has 2 unspecified atom stereocenters. The quantitative estimate of drug-likeness (QED) is 0.279. The fourth-order valence-electron chi connectivity index (χ4n) is 5.33. The van der Waals surface area contributed by atoms with Gasteiger partial charge in [0.1, 0.15) is 6.04 Å². The van der Waals surface area contributed by atoms with Gasteiger partial charge in [0.05, 0.1) is 33.1 Å². The summed E-state index contributed by atoms with van der Waals surface area (Å²) >= 11 is 1.62. The molecule has 3 N–H and O–H groups in total. The number of nitrogens with zero attached hydrogens (tertiary/aromatic N) is 1. The molecule has 0 spiro atoms. The van der Waals surface area contributed by atoms with E-state index in [4.69, 9.17) is 14.2 Å². The van der Waals surface area contributed by atoms with Crippen molar-refractivity contribution >= 4 is 29.3 Å². The number of carbonyl (C=O) groups excluding carboxylic acids is 2. The standard InChI is InChI=1S/C32H38N4O6S/c1-19(37)35-24-8-6-21-16-28(40-2)30(41-3)31(42-4)29(21)22-7-9-25(27(38)17-23(22)24)36-26(12-15-43-5)32(39)34-18-20-10-13-33-14-11-20/h7,9-11,13-14,16-17,24,26H,6,8,12,15,18H2,1-5H3,(H,34,39)(H,35,37)(H,36,38). The Morgan fingerprint density at radius 3 is 2.44 bits per heavy atom. The molecule has 0 bridgehead atoms. The van der Waals surface area contributed by atoms with Crippen LogP contribution in [-0.4, -0.2) is 56.2 Å². The van der Waals surface area contributed by atoms with Crippen molar-refractivity contribution in [2.75, 3.05) is 38.7 Å². The van der Waals surface area contributed by atoms with Crippen LogP contribution in [0.25, 0.3) is 11.1 Å². The summed E-state index contributed by atoms with van der Waals surface area (Å²) in [5.74, 6) is 1.74. The second kappa shape index (κ2) is 14.8. The summed E-state index contributed by atoms with van der Waals surface area (Å²) in [6.45, 7) is 1.81. The lowest BCUT2D eigenvalue weighted by atomic mass is 9.95. The molecular weight excluding hydrogens is 568 g/mol. The first-order chi connectivity index (χ1) is 20.8. The monoisotopic (exact) mass is 606 g/mol. The third-order valence-corrected chi connectivity index (χ3v) is 8.03. The normalized spacial score (nSPS) is 14.3.